The van der Waals surface area contributed by atoms with Crippen molar-refractivity contribution >= 4 is 11.6 Å². The number of ether oxygens (including phenoxy) is 1. The number of benzene rings is 2. The average Bonchev–Trinajstić information content (AvgIpc) is 2.92. The third kappa shape index (κ3) is 4.39. The van der Waals surface area contributed by atoms with Crippen molar-refractivity contribution in [1.29, 1.82) is 0 Å². The lowest BCUT2D eigenvalue weighted by Crippen LogP contribution is -2.25. The number of nitrogens with one attached hydrogen (secondary N) is 1. The molecule has 2 aromatic rings. The molecule has 1 amide bonds. The molecule has 4 nitrogen and oxygen atoms in total. The molecule has 1 atom stereocenters. The van der Waals surface area contributed by atoms with Gasteiger partial charge in [0.15, 0.2) is 0 Å². The lowest BCUT2D eigenvalue weighted by molar-refractivity contribution is -0.117. The normalized spacial score (nSPS) is 16.0. The summed E-state index contributed by atoms with van der Waals surface area (Å²) in [5.74, 6) is 0.753. The van der Waals surface area contributed by atoms with Crippen molar-refractivity contribution in [2.45, 2.75) is 79.9 Å². The van der Waals surface area contributed by atoms with Crippen LogP contribution < -0.4 is 10.1 Å². The summed E-state index contributed by atoms with van der Waals surface area (Å²) in [5, 5.41) is 14.6. The summed E-state index contributed by atoms with van der Waals surface area (Å²) < 4.78 is 6.34. The quantitative estimate of drug-likeness (QED) is 0.673. The molecule has 2 N–H and O–H groups in total. The lowest BCUT2D eigenvalue weighted by atomic mass is 9.87. The predicted molar refractivity (Wildman–Crippen MR) is 122 cm³/mol. The van der Waals surface area contributed by atoms with Crippen molar-refractivity contribution in [1.82, 2.24) is 0 Å². The topological polar surface area (TPSA) is 58.6 Å². The summed E-state index contributed by atoms with van der Waals surface area (Å²) in [7, 11) is 0. The Kier molecular flexibility index (Phi) is 5.76. The maximum absolute atomic E-state index is 12.8. The van der Waals surface area contributed by atoms with E-state index in [1.807, 2.05) is 45.0 Å². The maximum atomic E-state index is 12.8. The van der Waals surface area contributed by atoms with Gasteiger partial charge in [0.1, 0.15) is 17.5 Å². The van der Waals surface area contributed by atoms with Crippen LogP contribution in [-0.2, 0) is 11.2 Å². The Hall–Kier alpha value is -2.33. The van der Waals surface area contributed by atoms with Crippen molar-refractivity contribution in [2.24, 2.45) is 5.41 Å². The van der Waals surface area contributed by atoms with E-state index in [-0.39, 0.29) is 16.9 Å². The monoisotopic (exact) mass is 409 g/mol. The maximum Gasteiger partial charge on any atom is 0.224 e. The second-order valence-electron chi connectivity index (χ2n) is 10.4. The molecule has 1 unspecified atom stereocenters. The summed E-state index contributed by atoms with van der Waals surface area (Å²) in [4.78, 5) is 12.8. The molecule has 1 aliphatic rings. The number of anilines is 1. The van der Waals surface area contributed by atoms with Crippen LogP contribution in [0, 0.1) is 26.2 Å². The SMILES string of the molecule is Cc1ccccc1C(O)c1c(C)c(NC(=O)CC(C)(C)C)c(C)c2c1OC(C)(C)C2. The summed E-state index contributed by atoms with van der Waals surface area (Å²) in [6, 6.07) is 7.85. The summed E-state index contributed by atoms with van der Waals surface area (Å²) in [5.41, 5.74) is 5.93. The van der Waals surface area contributed by atoms with Crippen LogP contribution in [-0.4, -0.2) is 16.6 Å². The minimum atomic E-state index is -0.826. The zero-order valence-electron chi connectivity index (χ0n) is 19.6. The van der Waals surface area contributed by atoms with Gasteiger partial charge in [-0.3, -0.25) is 4.79 Å². The fourth-order valence-corrected chi connectivity index (χ4v) is 4.37. The van der Waals surface area contributed by atoms with Gasteiger partial charge in [-0.05, 0) is 62.3 Å². The number of amides is 1. The van der Waals surface area contributed by atoms with Crippen LogP contribution in [0.3, 0.4) is 0 Å². The van der Waals surface area contributed by atoms with Crippen LogP contribution in [0.4, 0.5) is 5.69 Å². The molecule has 0 aromatic heterocycles. The Morgan fingerprint density at radius 3 is 2.40 bits per heavy atom. The number of hydrogen-bond donors (Lipinski definition) is 2. The first-order chi connectivity index (χ1) is 13.8. The van der Waals surface area contributed by atoms with Gasteiger partial charge in [-0.2, -0.15) is 0 Å². The number of aryl methyl sites for hydroxylation is 1. The van der Waals surface area contributed by atoms with Gasteiger partial charge in [-0.25, -0.2) is 0 Å². The van der Waals surface area contributed by atoms with E-state index in [1.165, 1.54) is 0 Å². The van der Waals surface area contributed by atoms with Crippen molar-refractivity contribution < 1.29 is 14.6 Å². The van der Waals surface area contributed by atoms with Crippen LogP contribution >= 0.6 is 0 Å². The molecule has 0 fully saturated rings. The van der Waals surface area contributed by atoms with Gasteiger partial charge in [0.2, 0.25) is 5.91 Å². The number of aliphatic hydroxyl groups excluding tert-OH is 1. The van der Waals surface area contributed by atoms with E-state index in [4.69, 9.17) is 4.74 Å². The molecule has 0 spiro atoms. The van der Waals surface area contributed by atoms with E-state index >= 15 is 0 Å². The third-order valence-electron chi connectivity index (χ3n) is 5.82. The van der Waals surface area contributed by atoms with E-state index in [2.05, 4.69) is 39.9 Å². The van der Waals surface area contributed by atoms with Crippen molar-refractivity contribution in [3.05, 3.63) is 57.6 Å². The number of carbonyl (C=O) groups is 1. The fourth-order valence-electron chi connectivity index (χ4n) is 4.37. The van der Waals surface area contributed by atoms with Crippen LogP contribution in [0.25, 0.3) is 0 Å². The molecule has 30 heavy (non-hydrogen) atoms. The Balaban J connectivity index is 2.16. The largest absolute Gasteiger partial charge is 0.487 e. The van der Waals surface area contributed by atoms with Gasteiger partial charge in [0.25, 0.3) is 0 Å². The number of rotatable bonds is 4. The molecule has 1 heterocycles. The molecule has 2 aromatic carbocycles. The first-order valence-corrected chi connectivity index (χ1v) is 10.7. The standard InChI is InChI=1S/C26H35NO3/c1-15-11-9-10-12-18(15)23(29)21-17(3)22(27-20(28)14-25(4,5)6)16(2)19-13-26(7,8)30-24(19)21/h9-12,23,29H,13-14H2,1-8H3,(H,27,28). The molecule has 1 aliphatic heterocycles. The number of hydrogen-bond acceptors (Lipinski definition) is 3. The smallest absolute Gasteiger partial charge is 0.224 e. The molecule has 0 saturated heterocycles. The Bertz CT molecular complexity index is 983. The zero-order chi connectivity index (χ0) is 22.4. The van der Waals surface area contributed by atoms with Crippen LogP contribution in [0.15, 0.2) is 24.3 Å². The highest BCUT2D eigenvalue weighted by atomic mass is 16.5. The first kappa shape index (κ1) is 22.4. The number of fused-ring (bicyclic) bond motifs is 1. The van der Waals surface area contributed by atoms with E-state index in [0.717, 1.165) is 51.2 Å². The Morgan fingerprint density at radius 2 is 1.80 bits per heavy atom. The zero-order valence-corrected chi connectivity index (χ0v) is 19.6. The molecule has 0 bridgehead atoms. The molecule has 0 radical (unpaired) electrons. The van der Waals surface area contributed by atoms with Crippen molar-refractivity contribution in [3.8, 4) is 5.75 Å². The van der Waals surface area contributed by atoms with Gasteiger partial charge in [-0.15, -0.1) is 0 Å². The minimum Gasteiger partial charge on any atom is -0.487 e. The Morgan fingerprint density at radius 1 is 1.17 bits per heavy atom. The lowest BCUT2D eigenvalue weighted by Gasteiger charge is -2.25. The average molecular weight is 410 g/mol. The summed E-state index contributed by atoms with van der Waals surface area (Å²) in [6.07, 6.45) is 0.345. The highest BCUT2D eigenvalue weighted by molar-refractivity contribution is 5.93. The second kappa shape index (κ2) is 7.73. The fraction of sp³-hybridized carbons (Fsp3) is 0.500. The van der Waals surface area contributed by atoms with E-state index in [9.17, 15) is 9.90 Å². The second-order valence-corrected chi connectivity index (χ2v) is 10.4. The number of carbonyl (C=O) groups excluding carboxylic acids is 1. The molecule has 162 valence electrons. The van der Waals surface area contributed by atoms with Gasteiger partial charge in [0, 0.05) is 29.7 Å². The van der Waals surface area contributed by atoms with Gasteiger partial charge < -0.3 is 15.2 Å². The molecular formula is C26H35NO3. The van der Waals surface area contributed by atoms with E-state index < -0.39 is 6.10 Å². The third-order valence-corrected chi connectivity index (χ3v) is 5.82. The van der Waals surface area contributed by atoms with Gasteiger partial charge in [0.05, 0.1) is 0 Å². The number of aliphatic hydroxyl groups is 1. The van der Waals surface area contributed by atoms with Gasteiger partial charge in [-0.1, -0.05) is 45.0 Å². The van der Waals surface area contributed by atoms with Crippen LogP contribution in [0.1, 0.15) is 80.5 Å². The predicted octanol–water partition coefficient (Wildman–Crippen LogP) is 5.78. The van der Waals surface area contributed by atoms with Crippen molar-refractivity contribution in [2.75, 3.05) is 5.32 Å². The highest BCUT2D eigenvalue weighted by Crippen LogP contribution is 2.48. The van der Waals surface area contributed by atoms with E-state index in [0.29, 0.717) is 6.42 Å². The summed E-state index contributed by atoms with van der Waals surface area (Å²) >= 11 is 0. The molecule has 0 saturated carbocycles. The molecular weight excluding hydrogens is 374 g/mol. The van der Waals surface area contributed by atoms with Crippen molar-refractivity contribution in [3.63, 3.8) is 0 Å². The highest BCUT2D eigenvalue weighted by Gasteiger charge is 2.37. The van der Waals surface area contributed by atoms with E-state index in [1.54, 1.807) is 0 Å². The van der Waals surface area contributed by atoms with Gasteiger partial charge >= 0.3 is 0 Å². The van der Waals surface area contributed by atoms with Crippen LogP contribution in [0.2, 0.25) is 0 Å². The minimum absolute atomic E-state index is 0.0110. The molecule has 4 heteroatoms. The summed E-state index contributed by atoms with van der Waals surface area (Å²) in [6.45, 7) is 16.3. The first-order valence-electron chi connectivity index (χ1n) is 10.7. The molecule has 3 rings (SSSR count). The van der Waals surface area contributed by atoms with Crippen LogP contribution in [0.5, 0.6) is 5.75 Å². The Labute approximate surface area is 180 Å². The molecule has 0 aliphatic carbocycles.